The lowest BCUT2D eigenvalue weighted by Crippen LogP contribution is -2.04. The van der Waals surface area contributed by atoms with Gasteiger partial charge in [0.2, 0.25) is 0 Å². The van der Waals surface area contributed by atoms with Crippen molar-refractivity contribution < 1.29 is 18.0 Å². The zero-order valence-corrected chi connectivity index (χ0v) is 11.7. The second-order valence-corrected chi connectivity index (χ2v) is 4.80. The fourth-order valence-electron chi connectivity index (χ4n) is 2.14. The van der Waals surface area contributed by atoms with E-state index in [1.165, 1.54) is 22.9 Å². The summed E-state index contributed by atoms with van der Waals surface area (Å²) >= 11 is 0. The van der Waals surface area contributed by atoms with Gasteiger partial charge in [-0.15, -0.1) is 5.10 Å². The minimum Gasteiger partial charge on any atom is -0.296 e. The number of nitrogens with zero attached hydrogens (tertiary/aromatic N) is 3. The number of carbonyl (C=O) groups excluding carboxylic acids is 1. The Morgan fingerprint density at radius 2 is 1.74 bits per heavy atom. The molecule has 0 unspecified atom stereocenters. The van der Waals surface area contributed by atoms with E-state index in [-0.39, 0.29) is 5.70 Å². The van der Waals surface area contributed by atoms with Crippen LogP contribution in [0.15, 0.2) is 48.5 Å². The zero-order valence-electron chi connectivity index (χ0n) is 11.7. The molecule has 7 heteroatoms. The number of aromatic nitrogens is 3. The van der Waals surface area contributed by atoms with Gasteiger partial charge in [0.25, 0.3) is 0 Å². The highest BCUT2D eigenvalue weighted by molar-refractivity contribution is 6.07. The van der Waals surface area contributed by atoms with Gasteiger partial charge in [-0.1, -0.05) is 29.5 Å². The second-order valence-electron chi connectivity index (χ2n) is 4.80. The lowest BCUT2D eigenvalue weighted by atomic mass is 10.1. The summed E-state index contributed by atoms with van der Waals surface area (Å²) in [4.78, 5) is 11.3. The Labute approximate surface area is 128 Å². The van der Waals surface area contributed by atoms with Crippen LogP contribution in [0.5, 0.6) is 0 Å². The molecule has 0 amide bonds. The maximum atomic E-state index is 12.6. The minimum absolute atomic E-state index is 0.179. The molecule has 116 valence electrons. The monoisotopic (exact) mass is 317 g/mol. The Balaban J connectivity index is 2.00. The van der Waals surface area contributed by atoms with Crippen LogP contribution in [0.25, 0.3) is 22.8 Å². The molecule has 0 N–H and O–H groups in total. The predicted molar refractivity (Wildman–Crippen MR) is 79.2 cm³/mol. The van der Waals surface area contributed by atoms with Crippen LogP contribution in [-0.2, 0) is 11.0 Å². The number of allylic oxidation sites excluding steroid dienone is 1. The molecular formula is C16H10F3N3O. The van der Waals surface area contributed by atoms with Crippen LogP contribution < -0.4 is 0 Å². The number of hydrogen-bond acceptors (Lipinski definition) is 3. The number of para-hydroxylation sites is 1. The number of rotatable bonds is 3. The van der Waals surface area contributed by atoms with E-state index >= 15 is 0 Å². The molecule has 4 nitrogen and oxygen atoms in total. The van der Waals surface area contributed by atoms with Gasteiger partial charge in [-0.05, 0) is 35.9 Å². The second kappa shape index (κ2) is 5.68. The van der Waals surface area contributed by atoms with Crippen LogP contribution in [0, 0.1) is 0 Å². The number of alkyl halides is 3. The van der Waals surface area contributed by atoms with Crippen molar-refractivity contribution in [3.8, 4) is 0 Å². The molecule has 0 aliphatic rings. The molecule has 0 saturated carbocycles. The van der Waals surface area contributed by atoms with E-state index < -0.39 is 11.7 Å². The topological polar surface area (TPSA) is 47.8 Å². The van der Waals surface area contributed by atoms with E-state index in [0.717, 1.165) is 12.1 Å². The quantitative estimate of drug-likeness (QED) is 0.547. The first kappa shape index (κ1) is 15.0. The summed E-state index contributed by atoms with van der Waals surface area (Å²) < 4.78 is 39.0. The van der Waals surface area contributed by atoms with Gasteiger partial charge in [0.05, 0.1) is 11.1 Å². The number of halogens is 3. The molecule has 0 atom stereocenters. The highest BCUT2D eigenvalue weighted by atomic mass is 19.4. The summed E-state index contributed by atoms with van der Waals surface area (Å²) in [5.74, 6) is 0. The number of benzene rings is 2. The molecule has 0 radical (unpaired) electrons. The lowest BCUT2D eigenvalue weighted by molar-refractivity contribution is -0.137. The van der Waals surface area contributed by atoms with Crippen LogP contribution in [0.2, 0.25) is 0 Å². The molecule has 0 aliphatic carbocycles. The fraction of sp³-hybridized carbons (Fsp3) is 0.0625. The molecule has 0 aliphatic heterocycles. The molecule has 3 aromatic rings. The number of carbonyl (C=O) groups is 1. The van der Waals surface area contributed by atoms with Crippen molar-refractivity contribution >= 4 is 29.1 Å². The van der Waals surface area contributed by atoms with E-state index in [2.05, 4.69) is 10.3 Å². The van der Waals surface area contributed by atoms with Crippen molar-refractivity contribution in [3.63, 3.8) is 0 Å². The molecule has 0 fully saturated rings. The average molecular weight is 317 g/mol. The van der Waals surface area contributed by atoms with Crippen LogP contribution in [0.1, 0.15) is 11.1 Å². The zero-order chi connectivity index (χ0) is 16.4. The number of fused-ring (bicyclic) bond motifs is 1. The molecule has 0 bridgehead atoms. The van der Waals surface area contributed by atoms with Crippen molar-refractivity contribution in [2.45, 2.75) is 6.18 Å². The molecule has 0 saturated heterocycles. The third-order valence-electron chi connectivity index (χ3n) is 3.27. The van der Waals surface area contributed by atoms with E-state index in [1.807, 2.05) is 0 Å². The summed E-state index contributed by atoms with van der Waals surface area (Å²) in [7, 11) is 0. The van der Waals surface area contributed by atoms with Crippen LogP contribution in [0.3, 0.4) is 0 Å². The normalized spacial score (nSPS) is 12.6. The van der Waals surface area contributed by atoms with Crippen LogP contribution in [-0.4, -0.2) is 21.3 Å². The van der Waals surface area contributed by atoms with Gasteiger partial charge < -0.3 is 0 Å². The first-order valence-corrected chi connectivity index (χ1v) is 6.64. The first-order valence-electron chi connectivity index (χ1n) is 6.64. The van der Waals surface area contributed by atoms with Gasteiger partial charge in [-0.3, -0.25) is 4.79 Å². The van der Waals surface area contributed by atoms with Gasteiger partial charge in [-0.2, -0.15) is 13.2 Å². The molecule has 3 rings (SSSR count). The Morgan fingerprint density at radius 1 is 1.04 bits per heavy atom. The minimum atomic E-state index is -4.39. The fourth-order valence-corrected chi connectivity index (χ4v) is 2.14. The summed E-state index contributed by atoms with van der Waals surface area (Å²) in [6.07, 6.45) is -2.36. The molecule has 0 spiro atoms. The van der Waals surface area contributed by atoms with Gasteiger partial charge >= 0.3 is 6.18 Å². The van der Waals surface area contributed by atoms with Gasteiger partial charge in [0.15, 0.2) is 6.29 Å². The number of aldehydes is 1. The Kier molecular flexibility index (Phi) is 3.69. The predicted octanol–water partition coefficient (Wildman–Crippen LogP) is 3.65. The summed E-state index contributed by atoms with van der Waals surface area (Å²) in [6.45, 7) is 0. The van der Waals surface area contributed by atoms with Crippen molar-refractivity contribution in [2.24, 2.45) is 0 Å². The van der Waals surface area contributed by atoms with Crippen molar-refractivity contribution in [1.29, 1.82) is 0 Å². The van der Waals surface area contributed by atoms with Gasteiger partial charge in [0.1, 0.15) is 11.2 Å². The summed E-state index contributed by atoms with van der Waals surface area (Å²) in [5.41, 5.74) is 1.15. The van der Waals surface area contributed by atoms with Gasteiger partial charge in [0, 0.05) is 0 Å². The maximum absolute atomic E-state index is 12.6. The van der Waals surface area contributed by atoms with E-state index in [9.17, 15) is 18.0 Å². The highest BCUT2D eigenvalue weighted by Crippen LogP contribution is 2.29. The molecule has 23 heavy (non-hydrogen) atoms. The van der Waals surface area contributed by atoms with Crippen LogP contribution in [0.4, 0.5) is 13.2 Å². The first-order chi connectivity index (χ1) is 11.0. The lowest BCUT2D eigenvalue weighted by Gasteiger charge is -2.06. The third-order valence-corrected chi connectivity index (χ3v) is 3.27. The van der Waals surface area contributed by atoms with Crippen molar-refractivity contribution in [2.75, 3.05) is 0 Å². The van der Waals surface area contributed by atoms with E-state index in [4.69, 9.17) is 0 Å². The SMILES string of the molecule is O=C/C(=C/c1ccc(C(F)(F)F)cc1)n1nnc2ccccc21. The molecule has 1 aromatic heterocycles. The summed E-state index contributed by atoms with van der Waals surface area (Å²) in [6, 6.07) is 11.6. The molecule has 2 aromatic carbocycles. The number of hydrogen-bond donors (Lipinski definition) is 0. The molecule has 1 heterocycles. The Morgan fingerprint density at radius 3 is 2.39 bits per heavy atom. The van der Waals surface area contributed by atoms with Gasteiger partial charge in [-0.25, -0.2) is 4.68 Å². The molecular weight excluding hydrogens is 307 g/mol. The highest BCUT2D eigenvalue weighted by Gasteiger charge is 2.29. The smallest absolute Gasteiger partial charge is 0.296 e. The average Bonchev–Trinajstić information content (AvgIpc) is 2.96. The maximum Gasteiger partial charge on any atom is 0.416 e. The van der Waals surface area contributed by atoms with E-state index in [0.29, 0.717) is 22.9 Å². The standard InChI is InChI=1S/C16H10F3N3O/c17-16(18,19)12-7-5-11(6-8-12)9-13(10-23)22-15-4-2-1-3-14(15)20-21-22/h1-10H/b13-9-. The largest absolute Gasteiger partial charge is 0.416 e. The van der Waals surface area contributed by atoms with E-state index in [1.54, 1.807) is 24.3 Å². The Bertz CT molecular complexity index is 879. The summed E-state index contributed by atoms with van der Waals surface area (Å²) in [5, 5.41) is 7.85. The van der Waals surface area contributed by atoms with Crippen molar-refractivity contribution in [3.05, 3.63) is 59.7 Å². The van der Waals surface area contributed by atoms with Crippen molar-refractivity contribution in [1.82, 2.24) is 15.0 Å². The van der Waals surface area contributed by atoms with Crippen LogP contribution >= 0.6 is 0 Å². The Hall–Kier alpha value is -2.96. The third kappa shape index (κ3) is 2.98.